The molecule has 0 aliphatic carbocycles. The number of aryl methyl sites for hydroxylation is 2. The molecular formula is C24H38N4O3S. The number of hydrogen-bond donors (Lipinski definition) is 0. The minimum atomic E-state index is -0.0901. The van der Waals surface area contributed by atoms with Crippen LogP contribution in [0.2, 0.25) is 0 Å². The third kappa shape index (κ3) is 5.59. The zero-order chi connectivity index (χ0) is 22.4. The first-order chi connectivity index (χ1) is 15.6. The Morgan fingerprint density at radius 2 is 2.12 bits per heavy atom. The zero-order valence-electron chi connectivity index (χ0n) is 19.8. The molecule has 0 saturated carbocycles. The summed E-state index contributed by atoms with van der Waals surface area (Å²) in [4.78, 5) is 5.58. The summed E-state index contributed by atoms with van der Waals surface area (Å²) >= 11 is 1.99. The van der Waals surface area contributed by atoms with E-state index in [4.69, 9.17) is 14.2 Å². The average Bonchev–Trinajstić information content (AvgIpc) is 3.43. The fourth-order valence-corrected chi connectivity index (χ4v) is 6.11. The van der Waals surface area contributed by atoms with Gasteiger partial charge in [0, 0.05) is 61.3 Å². The normalized spacial score (nSPS) is 23.7. The molecule has 2 aliphatic heterocycles. The fourth-order valence-electron chi connectivity index (χ4n) is 4.93. The molecule has 1 saturated heterocycles. The Hall–Kier alpha value is -1.32. The van der Waals surface area contributed by atoms with E-state index in [9.17, 15) is 0 Å². The van der Waals surface area contributed by atoms with Crippen LogP contribution >= 0.6 is 11.3 Å². The van der Waals surface area contributed by atoms with E-state index in [-0.39, 0.29) is 5.60 Å². The highest BCUT2D eigenvalue weighted by atomic mass is 32.1. The van der Waals surface area contributed by atoms with Crippen LogP contribution in [-0.4, -0.2) is 65.5 Å². The van der Waals surface area contributed by atoms with Crippen molar-refractivity contribution >= 4 is 11.3 Å². The zero-order valence-corrected chi connectivity index (χ0v) is 20.7. The van der Waals surface area contributed by atoms with Crippen molar-refractivity contribution in [3.63, 3.8) is 0 Å². The van der Waals surface area contributed by atoms with Gasteiger partial charge >= 0.3 is 0 Å². The summed E-state index contributed by atoms with van der Waals surface area (Å²) in [5, 5.41) is 8.74. The number of fused-ring (bicyclic) bond motifs is 2. The smallest absolute Gasteiger partial charge is 0.0969 e. The second-order valence-corrected chi connectivity index (χ2v) is 10.1. The van der Waals surface area contributed by atoms with Gasteiger partial charge in [-0.05, 0) is 51.2 Å². The van der Waals surface area contributed by atoms with Gasteiger partial charge in [0.2, 0.25) is 0 Å². The van der Waals surface area contributed by atoms with Crippen LogP contribution < -0.4 is 0 Å². The molecule has 0 unspecified atom stereocenters. The van der Waals surface area contributed by atoms with Gasteiger partial charge in [-0.2, -0.15) is 0 Å². The molecule has 2 aromatic heterocycles. The van der Waals surface area contributed by atoms with Crippen molar-refractivity contribution < 1.29 is 14.2 Å². The minimum Gasteiger partial charge on any atom is -0.379 e. The molecule has 1 spiro atoms. The molecule has 2 atom stereocenters. The van der Waals surface area contributed by atoms with Gasteiger partial charge in [-0.15, -0.1) is 16.4 Å². The van der Waals surface area contributed by atoms with Crippen LogP contribution in [0.4, 0.5) is 0 Å². The molecule has 0 amide bonds. The molecule has 1 fully saturated rings. The van der Waals surface area contributed by atoms with E-state index >= 15 is 0 Å². The van der Waals surface area contributed by atoms with Gasteiger partial charge in [0.15, 0.2) is 0 Å². The first-order valence-electron chi connectivity index (χ1n) is 12.2. The lowest BCUT2D eigenvalue weighted by molar-refractivity contribution is -0.112. The maximum atomic E-state index is 6.48. The number of thiophene rings is 1. The fraction of sp³-hybridized carbons (Fsp3) is 0.750. The Morgan fingerprint density at radius 3 is 2.94 bits per heavy atom. The van der Waals surface area contributed by atoms with Crippen LogP contribution in [0.25, 0.3) is 0 Å². The summed E-state index contributed by atoms with van der Waals surface area (Å²) in [6.07, 6.45) is 7.30. The second kappa shape index (κ2) is 11.2. The Kier molecular flexibility index (Phi) is 8.34. The van der Waals surface area contributed by atoms with Crippen LogP contribution in [0.3, 0.4) is 0 Å². The molecule has 0 bridgehead atoms. The van der Waals surface area contributed by atoms with Gasteiger partial charge in [0.05, 0.1) is 31.1 Å². The quantitative estimate of drug-likeness (QED) is 0.474. The Morgan fingerprint density at radius 1 is 1.25 bits per heavy atom. The third-order valence-electron chi connectivity index (χ3n) is 6.66. The lowest BCUT2D eigenvalue weighted by Gasteiger charge is -2.47. The van der Waals surface area contributed by atoms with Gasteiger partial charge < -0.3 is 14.2 Å². The predicted octanol–water partition coefficient (Wildman–Crippen LogP) is 3.80. The Bertz CT molecular complexity index is 854. The highest BCUT2D eigenvalue weighted by molar-refractivity contribution is 7.12. The van der Waals surface area contributed by atoms with Crippen LogP contribution in [-0.2, 0) is 45.7 Å². The molecule has 0 radical (unpaired) electrons. The van der Waals surface area contributed by atoms with Crippen molar-refractivity contribution in [2.45, 2.75) is 77.6 Å². The van der Waals surface area contributed by atoms with Gasteiger partial charge in [-0.3, -0.25) is 9.58 Å². The molecule has 4 heterocycles. The monoisotopic (exact) mass is 462 g/mol. The second-order valence-electron chi connectivity index (χ2n) is 8.91. The van der Waals surface area contributed by atoms with Crippen LogP contribution in [0, 0.1) is 0 Å². The van der Waals surface area contributed by atoms with E-state index in [2.05, 4.69) is 41.3 Å². The van der Waals surface area contributed by atoms with Crippen LogP contribution in [0.1, 0.15) is 61.0 Å². The van der Waals surface area contributed by atoms with Gasteiger partial charge in [-0.25, -0.2) is 0 Å². The summed E-state index contributed by atoms with van der Waals surface area (Å²) in [5.41, 5.74) is 2.43. The van der Waals surface area contributed by atoms with Crippen molar-refractivity contribution in [2.24, 2.45) is 0 Å². The summed E-state index contributed by atoms with van der Waals surface area (Å²) in [5.74, 6) is 0. The largest absolute Gasteiger partial charge is 0.379 e. The van der Waals surface area contributed by atoms with E-state index in [1.54, 1.807) is 4.88 Å². The van der Waals surface area contributed by atoms with Gasteiger partial charge in [-0.1, -0.05) is 12.1 Å². The van der Waals surface area contributed by atoms with Crippen molar-refractivity contribution in [2.75, 3.05) is 39.6 Å². The van der Waals surface area contributed by atoms with E-state index in [0.29, 0.717) is 19.3 Å². The predicted molar refractivity (Wildman–Crippen MR) is 126 cm³/mol. The summed E-state index contributed by atoms with van der Waals surface area (Å²) in [6.45, 7) is 12.9. The molecule has 178 valence electrons. The molecule has 0 aromatic carbocycles. The van der Waals surface area contributed by atoms with E-state index in [1.807, 2.05) is 22.9 Å². The lowest BCUT2D eigenvalue weighted by atomic mass is 9.79. The molecule has 0 N–H and O–H groups in total. The van der Waals surface area contributed by atoms with E-state index in [0.717, 1.165) is 77.3 Å². The van der Waals surface area contributed by atoms with Crippen molar-refractivity contribution in [3.8, 4) is 0 Å². The molecular weight excluding hydrogens is 424 g/mol. The maximum absolute atomic E-state index is 6.48. The lowest BCUT2D eigenvalue weighted by Crippen LogP contribution is -2.50. The average molecular weight is 463 g/mol. The van der Waals surface area contributed by atoms with E-state index < -0.39 is 0 Å². The Balaban J connectivity index is 1.26. The first kappa shape index (κ1) is 23.8. The van der Waals surface area contributed by atoms with Crippen molar-refractivity contribution in [1.29, 1.82) is 0 Å². The number of likely N-dealkylation sites (tertiary alicyclic amines) is 1. The maximum Gasteiger partial charge on any atom is 0.0969 e. The van der Waals surface area contributed by atoms with E-state index in [1.165, 1.54) is 10.4 Å². The molecule has 8 heteroatoms. The van der Waals surface area contributed by atoms with Crippen molar-refractivity contribution in [1.82, 2.24) is 19.9 Å². The van der Waals surface area contributed by atoms with Crippen molar-refractivity contribution in [3.05, 3.63) is 33.3 Å². The summed E-state index contributed by atoms with van der Waals surface area (Å²) in [6, 6.07) is 2.87. The molecule has 2 aliphatic rings. The first-order valence-corrected chi connectivity index (χ1v) is 13.0. The SMILES string of the molecule is CCOCCOCCCn1cc(CN2CC[C@]3(C[C@@H]2C)OCCc2sc(CC)cc23)nn1. The summed E-state index contributed by atoms with van der Waals surface area (Å²) in [7, 11) is 0. The number of hydrogen-bond acceptors (Lipinski definition) is 7. The van der Waals surface area contributed by atoms with Gasteiger partial charge in [0.25, 0.3) is 0 Å². The number of ether oxygens (including phenoxy) is 3. The molecule has 4 rings (SSSR count). The van der Waals surface area contributed by atoms with Crippen LogP contribution in [0.15, 0.2) is 12.3 Å². The highest BCUT2D eigenvalue weighted by Crippen LogP contribution is 2.46. The summed E-state index contributed by atoms with van der Waals surface area (Å²) < 4.78 is 19.3. The number of piperidine rings is 1. The number of nitrogens with zero attached hydrogens (tertiary/aromatic N) is 4. The third-order valence-corrected chi connectivity index (χ3v) is 8.00. The molecule has 7 nitrogen and oxygen atoms in total. The molecule has 32 heavy (non-hydrogen) atoms. The Labute approximate surface area is 196 Å². The molecule has 2 aromatic rings. The highest BCUT2D eigenvalue weighted by Gasteiger charge is 2.44. The standard InChI is InChI=1S/C24H38N4O3S/c1-4-21-15-22-23(32-21)7-12-31-24(22)8-10-27(19(3)16-24)17-20-18-28(26-25-20)9-6-11-30-14-13-29-5-2/h15,18-19H,4-14,16-17H2,1-3H3/t19-,24+/m0/s1. The number of rotatable bonds is 11. The minimum absolute atomic E-state index is 0.0901. The van der Waals surface area contributed by atoms with Crippen LogP contribution in [0.5, 0.6) is 0 Å². The topological polar surface area (TPSA) is 61.6 Å². The number of aromatic nitrogens is 3. The van der Waals surface area contributed by atoms with Gasteiger partial charge in [0.1, 0.15) is 0 Å².